The Morgan fingerprint density at radius 3 is 2.44 bits per heavy atom. The number of carbonyl (C=O) groups excluding carboxylic acids is 1. The van der Waals surface area contributed by atoms with Crippen molar-refractivity contribution in [1.29, 1.82) is 0 Å². The molecule has 2 unspecified atom stereocenters. The summed E-state index contributed by atoms with van der Waals surface area (Å²) < 4.78 is 6.91. The van der Waals surface area contributed by atoms with Gasteiger partial charge in [-0.3, -0.25) is 14.2 Å². The van der Waals surface area contributed by atoms with E-state index in [-0.39, 0.29) is 17.5 Å². The van der Waals surface area contributed by atoms with E-state index in [1.54, 1.807) is 17.7 Å². The molecule has 34 heavy (non-hydrogen) atoms. The number of nitrogens with zero attached hydrogens (tertiary/aromatic N) is 2. The number of hydrogen-bond acceptors (Lipinski definition) is 5. The zero-order valence-corrected chi connectivity index (χ0v) is 20.2. The van der Waals surface area contributed by atoms with Crippen LogP contribution in [0.5, 0.6) is 0 Å². The third kappa shape index (κ3) is 5.05. The van der Waals surface area contributed by atoms with Gasteiger partial charge in [-0.2, -0.15) is 0 Å². The molecule has 1 N–H and O–H groups in total. The van der Waals surface area contributed by atoms with Crippen molar-refractivity contribution in [3.63, 3.8) is 0 Å². The Hall–Kier alpha value is -3.42. The number of methoxy groups -OCH3 is 1. The second kappa shape index (κ2) is 10.7. The van der Waals surface area contributed by atoms with Crippen molar-refractivity contribution < 1.29 is 9.53 Å². The zero-order chi connectivity index (χ0) is 24.1. The van der Waals surface area contributed by atoms with Crippen LogP contribution in [0.25, 0.3) is 22.0 Å². The van der Waals surface area contributed by atoms with Crippen molar-refractivity contribution in [1.82, 2.24) is 9.55 Å². The summed E-state index contributed by atoms with van der Waals surface area (Å²) in [5, 5.41) is 3.60. The maximum Gasteiger partial charge on any atom is 0.262 e. The molecule has 2 atom stereocenters. The summed E-state index contributed by atoms with van der Waals surface area (Å²) in [4.78, 5) is 31.2. The summed E-state index contributed by atoms with van der Waals surface area (Å²) in [6.07, 6.45) is 0. The molecule has 1 aromatic heterocycles. The summed E-state index contributed by atoms with van der Waals surface area (Å²) in [5.41, 5.74) is 3.18. The Morgan fingerprint density at radius 2 is 1.68 bits per heavy atom. The van der Waals surface area contributed by atoms with E-state index in [9.17, 15) is 9.59 Å². The summed E-state index contributed by atoms with van der Waals surface area (Å²) in [6.45, 7) is 4.09. The van der Waals surface area contributed by atoms with Gasteiger partial charge in [0.1, 0.15) is 0 Å². The number of fused-ring (bicyclic) bond motifs is 1. The third-order valence-electron chi connectivity index (χ3n) is 5.55. The maximum atomic E-state index is 13.3. The molecule has 174 valence electrons. The molecule has 6 nitrogen and oxygen atoms in total. The van der Waals surface area contributed by atoms with Gasteiger partial charge in [0.2, 0.25) is 5.91 Å². The van der Waals surface area contributed by atoms with E-state index >= 15 is 0 Å². The smallest absolute Gasteiger partial charge is 0.262 e. The number of carbonyl (C=O) groups is 1. The number of hydrogen-bond donors (Lipinski definition) is 1. The molecule has 0 spiro atoms. The van der Waals surface area contributed by atoms with Gasteiger partial charge in [0.15, 0.2) is 5.16 Å². The highest BCUT2D eigenvalue weighted by atomic mass is 32.2. The highest BCUT2D eigenvalue weighted by Crippen LogP contribution is 2.30. The predicted octanol–water partition coefficient (Wildman–Crippen LogP) is 5.39. The van der Waals surface area contributed by atoms with Crippen LogP contribution in [0.2, 0.25) is 0 Å². The van der Waals surface area contributed by atoms with E-state index in [1.165, 1.54) is 11.8 Å². The highest BCUT2D eigenvalue weighted by molar-refractivity contribution is 8.00. The Labute approximate surface area is 203 Å². The number of benzene rings is 3. The van der Waals surface area contributed by atoms with Crippen LogP contribution in [0, 0.1) is 0 Å². The molecule has 0 fully saturated rings. The molecule has 3 aromatic carbocycles. The fraction of sp³-hybridized carbons (Fsp3) is 0.222. The van der Waals surface area contributed by atoms with E-state index in [0.29, 0.717) is 22.7 Å². The molecule has 0 bridgehead atoms. The van der Waals surface area contributed by atoms with E-state index in [1.807, 2.05) is 86.6 Å². The lowest BCUT2D eigenvalue weighted by atomic mass is 10.0. The number of rotatable bonds is 8. The van der Waals surface area contributed by atoms with Gasteiger partial charge in [0.05, 0.1) is 28.8 Å². The lowest BCUT2D eigenvalue weighted by Crippen LogP contribution is -2.30. The quantitative estimate of drug-likeness (QED) is 0.274. The molecule has 0 aliphatic heterocycles. The highest BCUT2D eigenvalue weighted by Gasteiger charge is 2.22. The van der Waals surface area contributed by atoms with Crippen LogP contribution in [-0.4, -0.2) is 34.4 Å². The number of aromatic nitrogens is 2. The standard InChI is InChI=1S/C27H27N3O3S/c1-18(17-33-3)30-26(32)22-14-8-10-16-24(22)29-27(30)34-19(2)25(31)28-23-15-9-7-13-21(23)20-11-5-4-6-12-20/h4-16,18-19H,17H2,1-3H3,(H,28,31). The van der Waals surface area contributed by atoms with Crippen LogP contribution < -0.4 is 10.9 Å². The van der Waals surface area contributed by atoms with Gasteiger partial charge < -0.3 is 10.1 Å². The minimum Gasteiger partial charge on any atom is -0.383 e. The summed E-state index contributed by atoms with van der Waals surface area (Å²) in [6, 6.07) is 24.7. The van der Waals surface area contributed by atoms with Gasteiger partial charge in [-0.1, -0.05) is 72.4 Å². The average molecular weight is 474 g/mol. The SMILES string of the molecule is COCC(C)n1c(SC(C)C(=O)Nc2ccccc2-c2ccccc2)nc2ccccc2c1=O. The molecule has 0 saturated heterocycles. The first kappa shape index (κ1) is 23.7. The van der Waals surface area contributed by atoms with Gasteiger partial charge in [-0.25, -0.2) is 4.98 Å². The number of amides is 1. The Morgan fingerprint density at radius 1 is 1.00 bits per heavy atom. The largest absolute Gasteiger partial charge is 0.383 e. The molecule has 4 aromatic rings. The normalized spacial score (nSPS) is 12.9. The van der Waals surface area contributed by atoms with Gasteiger partial charge in [-0.05, 0) is 37.6 Å². The van der Waals surface area contributed by atoms with Crippen molar-refractivity contribution in [3.05, 3.63) is 89.2 Å². The predicted molar refractivity (Wildman–Crippen MR) is 138 cm³/mol. The van der Waals surface area contributed by atoms with E-state index < -0.39 is 5.25 Å². The van der Waals surface area contributed by atoms with Gasteiger partial charge in [0.25, 0.3) is 5.56 Å². The minimum absolute atomic E-state index is 0.139. The van der Waals surface area contributed by atoms with Crippen LogP contribution in [0.1, 0.15) is 19.9 Å². The van der Waals surface area contributed by atoms with Gasteiger partial charge >= 0.3 is 0 Å². The number of nitrogens with one attached hydrogen (secondary N) is 1. The van der Waals surface area contributed by atoms with Crippen LogP contribution in [0.3, 0.4) is 0 Å². The number of ether oxygens (including phenoxy) is 1. The lowest BCUT2D eigenvalue weighted by molar-refractivity contribution is -0.115. The molecule has 0 radical (unpaired) electrons. The van der Waals surface area contributed by atoms with Crippen LogP contribution in [0.15, 0.2) is 88.8 Å². The first-order valence-electron chi connectivity index (χ1n) is 11.1. The molecular formula is C27H27N3O3S. The van der Waals surface area contributed by atoms with Crippen molar-refractivity contribution >= 4 is 34.3 Å². The Bertz CT molecular complexity index is 1350. The lowest BCUT2D eigenvalue weighted by Gasteiger charge is -2.21. The van der Waals surface area contributed by atoms with E-state index in [2.05, 4.69) is 5.32 Å². The summed E-state index contributed by atoms with van der Waals surface area (Å²) >= 11 is 1.27. The fourth-order valence-corrected chi connectivity index (χ4v) is 4.83. The van der Waals surface area contributed by atoms with Crippen molar-refractivity contribution in [2.24, 2.45) is 0 Å². The maximum absolute atomic E-state index is 13.3. The number of thioether (sulfide) groups is 1. The summed E-state index contributed by atoms with van der Waals surface area (Å²) in [5.74, 6) is -0.165. The van der Waals surface area contributed by atoms with Crippen LogP contribution in [-0.2, 0) is 9.53 Å². The average Bonchev–Trinajstić information content (AvgIpc) is 2.85. The molecule has 0 aliphatic rings. The Kier molecular flexibility index (Phi) is 7.45. The van der Waals surface area contributed by atoms with Crippen molar-refractivity contribution in [3.8, 4) is 11.1 Å². The second-order valence-corrected chi connectivity index (χ2v) is 9.36. The van der Waals surface area contributed by atoms with E-state index in [4.69, 9.17) is 9.72 Å². The molecule has 1 amide bonds. The Balaban J connectivity index is 1.63. The topological polar surface area (TPSA) is 73.2 Å². The molecular weight excluding hydrogens is 446 g/mol. The molecule has 7 heteroatoms. The molecule has 0 saturated carbocycles. The van der Waals surface area contributed by atoms with E-state index in [0.717, 1.165) is 16.8 Å². The first-order chi connectivity index (χ1) is 16.5. The van der Waals surface area contributed by atoms with Crippen molar-refractivity contribution in [2.75, 3.05) is 19.0 Å². The van der Waals surface area contributed by atoms with Crippen molar-refractivity contribution in [2.45, 2.75) is 30.3 Å². The second-order valence-electron chi connectivity index (χ2n) is 8.05. The number of anilines is 1. The third-order valence-corrected chi connectivity index (χ3v) is 6.61. The van der Waals surface area contributed by atoms with Gasteiger partial charge in [-0.15, -0.1) is 0 Å². The molecule has 1 heterocycles. The van der Waals surface area contributed by atoms with Crippen LogP contribution in [0.4, 0.5) is 5.69 Å². The number of para-hydroxylation sites is 2. The fourth-order valence-electron chi connectivity index (χ4n) is 3.82. The summed E-state index contributed by atoms with van der Waals surface area (Å²) in [7, 11) is 1.60. The monoisotopic (exact) mass is 473 g/mol. The minimum atomic E-state index is -0.488. The first-order valence-corrected chi connectivity index (χ1v) is 12.0. The van der Waals surface area contributed by atoms with Crippen LogP contribution >= 0.6 is 11.8 Å². The molecule has 0 aliphatic carbocycles. The molecule has 4 rings (SSSR count). The van der Waals surface area contributed by atoms with Gasteiger partial charge in [0, 0.05) is 18.4 Å². The zero-order valence-electron chi connectivity index (χ0n) is 19.4.